The second-order valence-electron chi connectivity index (χ2n) is 3.86. The number of aromatic nitrogens is 1. The highest BCUT2D eigenvalue weighted by Crippen LogP contribution is 2.16. The van der Waals surface area contributed by atoms with Crippen LogP contribution in [0.25, 0.3) is 0 Å². The molecule has 86 valence electrons. The topological polar surface area (TPSA) is 42.0 Å². The molecule has 3 nitrogen and oxygen atoms in total. The Balaban J connectivity index is 2.06. The molecule has 1 unspecified atom stereocenters. The molecule has 1 aromatic carbocycles. The van der Waals surface area contributed by atoms with Gasteiger partial charge in [0.1, 0.15) is 0 Å². The molecule has 0 saturated heterocycles. The van der Waals surface area contributed by atoms with Gasteiger partial charge in [-0.2, -0.15) is 0 Å². The maximum atomic E-state index is 12.0. The molecule has 0 aliphatic rings. The van der Waals surface area contributed by atoms with E-state index < -0.39 is 0 Å². The van der Waals surface area contributed by atoms with Crippen LogP contribution in [0.15, 0.2) is 54.9 Å². The number of pyridine rings is 1. The summed E-state index contributed by atoms with van der Waals surface area (Å²) < 4.78 is 0. The van der Waals surface area contributed by atoms with Gasteiger partial charge in [0.05, 0.1) is 5.92 Å². The molecule has 1 N–H and O–H groups in total. The third-order valence-electron chi connectivity index (χ3n) is 2.64. The Labute approximate surface area is 101 Å². The highest BCUT2D eigenvalue weighted by atomic mass is 16.1. The van der Waals surface area contributed by atoms with Crippen LogP contribution in [0.5, 0.6) is 0 Å². The monoisotopic (exact) mass is 226 g/mol. The van der Waals surface area contributed by atoms with Crippen molar-refractivity contribution in [3.63, 3.8) is 0 Å². The summed E-state index contributed by atoms with van der Waals surface area (Å²) >= 11 is 0. The molecule has 2 rings (SSSR count). The van der Waals surface area contributed by atoms with E-state index in [4.69, 9.17) is 0 Å². The molecule has 0 spiro atoms. The van der Waals surface area contributed by atoms with Gasteiger partial charge in [0.2, 0.25) is 5.91 Å². The number of carbonyl (C=O) groups excluding carboxylic acids is 1. The molecule has 0 aliphatic heterocycles. The smallest absolute Gasteiger partial charge is 0.231 e. The quantitative estimate of drug-likeness (QED) is 0.874. The number of hydrogen-bond acceptors (Lipinski definition) is 2. The van der Waals surface area contributed by atoms with Crippen LogP contribution < -0.4 is 5.32 Å². The summed E-state index contributed by atoms with van der Waals surface area (Å²) in [6.07, 6.45) is 3.31. The van der Waals surface area contributed by atoms with E-state index in [2.05, 4.69) is 10.3 Å². The minimum absolute atomic E-state index is 0.0117. The third kappa shape index (κ3) is 2.91. The number of benzene rings is 1. The van der Waals surface area contributed by atoms with Crippen molar-refractivity contribution in [2.75, 3.05) is 5.32 Å². The Kier molecular flexibility index (Phi) is 3.50. The molecule has 0 aliphatic carbocycles. The first-order valence-corrected chi connectivity index (χ1v) is 5.53. The summed E-state index contributed by atoms with van der Waals surface area (Å²) in [6, 6.07) is 13.3. The largest absolute Gasteiger partial charge is 0.325 e. The Morgan fingerprint density at radius 2 is 1.76 bits per heavy atom. The summed E-state index contributed by atoms with van der Waals surface area (Å²) in [6.45, 7) is 1.89. The minimum atomic E-state index is -0.163. The van der Waals surface area contributed by atoms with Gasteiger partial charge >= 0.3 is 0 Å². The number of carbonyl (C=O) groups is 1. The summed E-state index contributed by atoms with van der Waals surface area (Å²) in [5.41, 5.74) is 1.78. The van der Waals surface area contributed by atoms with Crippen LogP contribution in [0.3, 0.4) is 0 Å². The average molecular weight is 226 g/mol. The zero-order valence-electron chi connectivity index (χ0n) is 9.63. The molecule has 1 atom stereocenters. The maximum absolute atomic E-state index is 12.0. The van der Waals surface area contributed by atoms with Crippen LogP contribution in [0.2, 0.25) is 0 Å². The summed E-state index contributed by atoms with van der Waals surface area (Å²) in [4.78, 5) is 15.9. The number of hydrogen-bond donors (Lipinski definition) is 1. The Hall–Kier alpha value is -2.16. The fraction of sp³-hybridized carbons (Fsp3) is 0.143. The molecule has 0 radical (unpaired) electrons. The minimum Gasteiger partial charge on any atom is -0.325 e. The molecule has 3 heteroatoms. The van der Waals surface area contributed by atoms with E-state index in [-0.39, 0.29) is 11.8 Å². The van der Waals surface area contributed by atoms with E-state index in [1.165, 1.54) is 0 Å². The van der Waals surface area contributed by atoms with Crippen LogP contribution in [0.4, 0.5) is 5.69 Å². The molecule has 0 saturated carbocycles. The Morgan fingerprint density at radius 1 is 1.12 bits per heavy atom. The van der Waals surface area contributed by atoms with Crippen molar-refractivity contribution in [1.29, 1.82) is 0 Å². The molecule has 1 heterocycles. The van der Waals surface area contributed by atoms with Crippen LogP contribution >= 0.6 is 0 Å². The van der Waals surface area contributed by atoms with Gasteiger partial charge in [0.25, 0.3) is 0 Å². The molecule has 1 aromatic heterocycles. The second kappa shape index (κ2) is 5.25. The zero-order valence-corrected chi connectivity index (χ0v) is 9.63. The highest BCUT2D eigenvalue weighted by Gasteiger charge is 2.14. The number of nitrogens with zero attached hydrogens (tertiary/aromatic N) is 1. The van der Waals surface area contributed by atoms with Gasteiger partial charge in [-0.05, 0) is 24.6 Å². The van der Waals surface area contributed by atoms with Crippen LogP contribution in [0.1, 0.15) is 18.4 Å². The SMILES string of the molecule is CC(C(=O)Nc1ccncc1)c1ccccc1. The predicted octanol–water partition coefficient (Wildman–Crippen LogP) is 2.82. The van der Waals surface area contributed by atoms with Gasteiger partial charge in [0, 0.05) is 18.1 Å². The van der Waals surface area contributed by atoms with E-state index in [9.17, 15) is 4.79 Å². The van der Waals surface area contributed by atoms with E-state index in [1.807, 2.05) is 37.3 Å². The molecule has 0 bridgehead atoms. The number of nitrogens with one attached hydrogen (secondary N) is 1. The normalized spacial score (nSPS) is 11.8. The van der Waals surface area contributed by atoms with Crippen molar-refractivity contribution >= 4 is 11.6 Å². The van der Waals surface area contributed by atoms with Crippen molar-refractivity contribution in [1.82, 2.24) is 4.98 Å². The van der Waals surface area contributed by atoms with Crippen molar-refractivity contribution < 1.29 is 4.79 Å². The summed E-state index contributed by atoms with van der Waals surface area (Å²) in [5, 5.41) is 2.86. The second-order valence-corrected chi connectivity index (χ2v) is 3.86. The lowest BCUT2D eigenvalue weighted by Crippen LogP contribution is -2.18. The first-order chi connectivity index (χ1) is 8.27. The Morgan fingerprint density at radius 3 is 2.41 bits per heavy atom. The molecular weight excluding hydrogens is 212 g/mol. The van der Waals surface area contributed by atoms with Gasteiger partial charge in [0.15, 0.2) is 0 Å². The summed E-state index contributed by atoms with van der Waals surface area (Å²) in [5.74, 6) is -0.174. The fourth-order valence-electron chi connectivity index (χ4n) is 1.58. The molecular formula is C14H14N2O. The lowest BCUT2D eigenvalue weighted by atomic mass is 10.0. The molecule has 17 heavy (non-hydrogen) atoms. The average Bonchev–Trinajstić information content (AvgIpc) is 2.40. The maximum Gasteiger partial charge on any atom is 0.231 e. The third-order valence-corrected chi connectivity index (χ3v) is 2.64. The standard InChI is InChI=1S/C14H14N2O/c1-11(12-5-3-2-4-6-12)14(17)16-13-7-9-15-10-8-13/h2-11H,1H3,(H,15,16,17). The number of amides is 1. The van der Waals surface area contributed by atoms with Crippen molar-refractivity contribution in [3.8, 4) is 0 Å². The first-order valence-electron chi connectivity index (χ1n) is 5.53. The Bertz CT molecular complexity index is 482. The highest BCUT2D eigenvalue weighted by molar-refractivity contribution is 5.95. The number of rotatable bonds is 3. The van der Waals surface area contributed by atoms with Crippen molar-refractivity contribution in [2.24, 2.45) is 0 Å². The van der Waals surface area contributed by atoms with Gasteiger partial charge in [-0.1, -0.05) is 30.3 Å². The molecule has 1 amide bonds. The van der Waals surface area contributed by atoms with Crippen molar-refractivity contribution in [2.45, 2.75) is 12.8 Å². The van der Waals surface area contributed by atoms with Gasteiger partial charge < -0.3 is 5.32 Å². The van der Waals surface area contributed by atoms with Gasteiger partial charge in [-0.3, -0.25) is 9.78 Å². The van der Waals surface area contributed by atoms with Crippen molar-refractivity contribution in [3.05, 3.63) is 60.4 Å². The summed E-state index contributed by atoms with van der Waals surface area (Å²) in [7, 11) is 0. The number of anilines is 1. The molecule has 2 aromatic rings. The van der Waals surface area contributed by atoms with Gasteiger partial charge in [-0.15, -0.1) is 0 Å². The van der Waals surface area contributed by atoms with Gasteiger partial charge in [-0.25, -0.2) is 0 Å². The van der Waals surface area contributed by atoms with Crippen LogP contribution in [0, 0.1) is 0 Å². The zero-order chi connectivity index (χ0) is 12.1. The van der Waals surface area contributed by atoms with E-state index >= 15 is 0 Å². The lowest BCUT2D eigenvalue weighted by Gasteiger charge is -2.12. The van der Waals surface area contributed by atoms with Crippen LogP contribution in [-0.4, -0.2) is 10.9 Å². The predicted molar refractivity (Wildman–Crippen MR) is 67.7 cm³/mol. The van der Waals surface area contributed by atoms with E-state index in [1.54, 1.807) is 24.5 Å². The van der Waals surface area contributed by atoms with E-state index in [0.717, 1.165) is 11.3 Å². The lowest BCUT2D eigenvalue weighted by molar-refractivity contribution is -0.117. The van der Waals surface area contributed by atoms with E-state index in [0.29, 0.717) is 0 Å². The van der Waals surface area contributed by atoms with Crippen LogP contribution in [-0.2, 0) is 4.79 Å². The first kappa shape index (κ1) is 11.3. The fourth-order valence-corrected chi connectivity index (χ4v) is 1.58. The molecule has 0 fully saturated rings.